The fourth-order valence-electron chi connectivity index (χ4n) is 3.83. The number of ether oxygens (including phenoxy) is 1. The Morgan fingerprint density at radius 2 is 2.06 bits per heavy atom. The van der Waals surface area contributed by atoms with Crippen molar-refractivity contribution in [3.63, 3.8) is 0 Å². The summed E-state index contributed by atoms with van der Waals surface area (Å²) in [4.78, 5) is 25.4. The molecule has 0 N–H and O–H groups in total. The zero-order valence-corrected chi connectivity index (χ0v) is 11.3. The zero-order chi connectivity index (χ0) is 13.1. The van der Waals surface area contributed by atoms with Gasteiger partial charge >= 0.3 is 6.09 Å². The van der Waals surface area contributed by atoms with Crippen LogP contribution in [-0.2, 0) is 9.53 Å². The first-order valence-electron chi connectivity index (χ1n) is 6.84. The summed E-state index contributed by atoms with van der Waals surface area (Å²) in [6.45, 7) is 5.68. The quantitative estimate of drug-likeness (QED) is 0.672. The van der Waals surface area contributed by atoms with E-state index in [1.54, 1.807) is 0 Å². The van der Waals surface area contributed by atoms with E-state index >= 15 is 0 Å². The molecule has 1 amide bonds. The van der Waals surface area contributed by atoms with Crippen LogP contribution in [0.25, 0.3) is 0 Å². The molecule has 3 rings (SSSR count). The minimum absolute atomic E-state index is 0.0929. The maximum Gasteiger partial charge on any atom is 0.410 e. The number of hydrogen-bond acceptors (Lipinski definition) is 3. The van der Waals surface area contributed by atoms with Crippen LogP contribution in [0.2, 0.25) is 0 Å². The van der Waals surface area contributed by atoms with Crippen molar-refractivity contribution in [2.45, 2.75) is 64.1 Å². The van der Waals surface area contributed by atoms with Crippen LogP contribution >= 0.6 is 0 Å². The van der Waals surface area contributed by atoms with Crippen molar-refractivity contribution in [2.75, 3.05) is 0 Å². The summed E-state index contributed by atoms with van der Waals surface area (Å²) in [6, 6.07) is 0.456. The number of hydrogen-bond donors (Lipinski definition) is 0. The Labute approximate surface area is 108 Å². The summed E-state index contributed by atoms with van der Waals surface area (Å²) in [5, 5.41) is 0. The third-order valence-electron chi connectivity index (χ3n) is 4.64. The first-order valence-corrected chi connectivity index (χ1v) is 6.84. The number of amides is 1. The number of piperidine rings is 1. The summed E-state index contributed by atoms with van der Waals surface area (Å²) < 4.78 is 5.49. The fourth-order valence-corrected chi connectivity index (χ4v) is 3.83. The lowest BCUT2D eigenvalue weighted by Crippen LogP contribution is -2.49. The molecule has 4 nitrogen and oxygen atoms in total. The Bertz CT molecular complexity index is 400. The van der Waals surface area contributed by atoms with Gasteiger partial charge in [-0.25, -0.2) is 4.79 Å². The van der Waals surface area contributed by atoms with Crippen LogP contribution in [-0.4, -0.2) is 35.0 Å². The Balaban J connectivity index is 1.76. The van der Waals surface area contributed by atoms with Crippen LogP contribution < -0.4 is 0 Å². The van der Waals surface area contributed by atoms with Gasteiger partial charge < -0.3 is 14.4 Å². The van der Waals surface area contributed by atoms with E-state index in [1.807, 2.05) is 25.7 Å². The Hall–Kier alpha value is -1.06. The second-order valence-electron chi connectivity index (χ2n) is 7.05. The fraction of sp³-hybridized carbons (Fsp3) is 0.857. The van der Waals surface area contributed by atoms with Gasteiger partial charge in [-0.05, 0) is 52.4 Å². The van der Waals surface area contributed by atoms with Crippen molar-refractivity contribution in [2.24, 2.45) is 11.3 Å². The van der Waals surface area contributed by atoms with Gasteiger partial charge in [-0.15, -0.1) is 0 Å². The molecule has 3 fully saturated rings. The standard InChI is InChI=1S/C14H21NO3/c1-13(2,3)18-12(17)15-9-4-5-11(15)10-7-14(10,6-9)8-16/h8-11H,4-7H2,1-3H3/t9-,10+,11+,14+/m1/s1. The molecular weight excluding hydrogens is 230 g/mol. The Morgan fingerprint density at radius 3 is 2.67 bits per heavy atom. The highest BCUT2D eigenvalue weighted by molar-refractivity contribution is 5.73. The molecule has 2 bridgehead atoms. The van der Waals surface area contributed by atoms with Crippen LogP contribution in [0.5, 0.6) is 0 Å². The molecule has 100 valence electrons. The third kappa shape index (κ3) is 1.65. The molecule has 0 radical (unpaired) electrons. The molecule has 2 aliphatic heterocycles. The zero-order valence-electron chi connectivity index (χ0n) is 11.3. The smallest absolute Gasteiger partial charge is 0.410 e. The first-order chi connectivity index (χ1) is 8.36. The topological polar surface area (TPSA) is 46.6 Å². The number of aldehydes is 1. The Kier molecular flexibility index (Phi) is 2.32. The van der Waals surface area contributed by atoms with Crippen molar-refractivity contribution in [1.82, 2.24) is 4.90 Å². The Morgan fingerprint density at radius 1 is 1.33 bits per heavy atom. The highest BCUT2D eigenvalue weighted by Gasteiger charge is 2.66. The SMILES string of the molecule is CC(C)(C)OC(=O)N1[C@@H]2CC[C@H]1[C@@H]1C[C@]1(C=O)C2. The summed E-state index contributed by atoms with van der Waals surface area (Å²) in [7, 11) is 0. The van der Waals surface area contributed by atoms with Crippen LogP contribution in [0.3, 0.4) is 0 Å². The van der Waals surface area contributed by atoms with Gasteiger partial charge in [0.2, 0.25) is 0 Å². The largest absolute Gasteiger partial charge is 0.444 e. The van der Waals surface area contributed by atoms with Gasteiger partial charge in [-0.1, -0.05) is 0 Å². The molecule has 1 saturated carbocycles. The van der Waals surface area contributed by atoms with Gasteiger partial charge in [-0.2, -0.15) is 0 Å². The summed E-state index contributed by atoms with van der Waals surface area (Å²) in [5.74, 6) is 0.390. The van der Waals surface area contributed by atoms with Crippen molar-refractivity contribution in [3.05, 3.63) is 0 Å². The molecule has 2 saturated heterocycles. The lowest BCUT2D eigenvalue weighted by atomic mass is 9.91. The van der Waals surface area contributed by atoms with E-state index in [9.17, 15) is 9.59 Å². The average Bonchev–Trinajstić information content (AvgIpc) is 2.86. The molecule has 1 aliphatic carbocycles. The van der Waals surface area contributed by atoms with E-state index in [0.29, 0.717) is 5.92 Å². The van der Waals surface area contributed by atoms with Gasteiger partial charge in [0.05, 0.1) is 0 Å². The molecule has 0 aromatic rings. The van der Waals surface area contributed by atoms with E-state index < -0.39 is 5.60 Å². The third-order valence-corrected chi connectivity index (χ3v) is 4.64. The minimum Gasteiger partial charge on any atom is -0.444 e. The van der Waals surface area contributed by atoms with Gasteiger partial charge in [0, 0.05) is 17.5 Å². The van der Waals surface area contributed by atoms with E-state index in [0.717, 1.165) is 32.0 Å². The molecule has 0 aromatic heterocycles. The predicted octanol–water partition coefficient (Wildman–Crippen LogP) is 2.36. The second kappa shape index (κ2) is 3.49. The maximum atomic E-state index is 12.2. The van der Waals surface area contributed by atoms with Crippen LogP contribution in [0.4, 0.5) is 4.79 Å². The average molecular weight is 251 g/mol. The highest BCUT2D eigenvalue weighted by Crippen LogP contribution is 2.64. The monoisotopic (exact) mass is 251 g/mol. The van der Waals surface area contributed by atoms with Crippen LogP contribution in [0.1, 0.15) is 46.5 Å². The summed E-state index contributed by atoms with van der Waals surface area (Å²) in [6.07, 6.45) is 4.81. The predicted molar refractivity (Wildman–Crippen MR) is 66.1 cm³/mol. The van der Waals surface area contributed by atoms with Gasteiger partial charge in [0.25, 0.3) is 0 Å². The molecule has 2 heterocycles. The van der Waals surface area contributed by atoms with Gasteiger partial charge in [0.1, 0.15) is 11.9 Å². The van der Waals surface area contributed by atoms with Crippen molar-refractivity contribution < 1.29 is 14.3 Å². The number of carbonyl (C=O) groups is 2. The van der Waals surface area contributed by atoms with Crippen LogP contribution in [0.15, 0.2) is 0 Å². The maximum absolute atomic E-state index is 12.2. The van der Waals surface area contributed by atoms with Crippen molar-refractivity contribution >= 4 is 12.4 Å². The molecule has 0 aromatic carbocycles. The molecule has 0 unspecified atom stereocenters. The van der Waals surface area contributed by atoms with Crippen molar-refractivity contribution in [1.29, 1.82) is 0 Å². The summed E-state index contributed by atoms with van der Waals surface area (Å²) in [5.41, 5.74) is -0.538. The first kappa shape index (κ1) is 12.0. The molecule has 3 aliphatic rings. The number of rotatable bonds is 1. The number of fused-ring (bicyclic) bond motifs is 4. The molecular formula is C14H21NO3. The molecule has 4 heteroatoms. The highest BCUT2D eigenvalue weighted by atomic mass is 16.6. The van der Waals surface area contributed by atoms with E-state index in [4.69, 9.17) is 4.74 Å². The van der Waals surface area contributed by atoms with Crippen molar-refractivity contribution in [3.8, 4) is 0 Å². The van der Waals surface area contributed by atoms with Crippen LogP contribution in [0, 0.1) is 11.3 Å². The van der Waals surface area contributed by atoms with E-state index in [-0.39, 0.29) is 23.6 Å². The van der Waals surface area contributed by atoms with E-state index in [2.05, 4.69) is 0 Å². The number of nitrogens with zero attached hydrogens (tertiary/aromatic N) is 1. The molecule has 4 atom stereocenters. The molecule has 0 spiro atoms. The van der Waals surface area contributed by atoms with E-state index in [1.165, 1.54) is 0 Å². The minimum atomic E-state index is -0.445. The lowest BCUT2D eigenvalue weighted by molar-refractivity contribution is -0.114. The number of carbonyl (C=O) groups excluding carboxylic acids is 2. The summed E-state index contributed by atoms with van der Waals surface area (Å²) >= 11 is 0. The molecule has 18 heavy (non-hydrogen) atoms. The lowest BCUT2D eigenvalue weighted by Gasteiger charge is -2.37. The van der Waals surface area contributed by atoms with Gasteiger partial charge in [0.15, 0.2) is 0 Å². The van der Waals surface area contributed by atoms with Gasteiger partial charge in [-0.3, -0.25) is 0 Å². The normalized spacial score (nSPS) is 41.3. The second-order valence-corrected chi connectivity index (χ2v) is 7.05.